The van der Waals surface area contributed by atoms with E-state index in [0.29, 0.717) is 37.2 Å². The van der Waals surface area contributed by atoms with E-state index in [-0.39, 0.29) is 36.7 Å². The van der Waals surface area contributed by atoms with Gasteiger partial charge in [0.2, 0.25) is 11.8 Å². The van der Waals surface area contributed by atoms with Crippen LogP contribution in [-0.2, 0) is 41.6 Å². The topological polar surface area (TPSA) is 274 Å². The van der Waals surface area contributed by atoms with E-state index in [1.165, 1.54) is 0 Å². The second-order valence-corrected chi connectivity index (χ2v) is 17.4. The number of carbonyl (C=O) groups is 6. The first kappa shape index (κ1) is 62.6. The van der Waals surface area contributed by atoms with Gasteiger partial charge in [0, 0.05) is 83.7 Å². The molecule has 0 spiro atoms. The lowest BCUT2D eigenvalue weighted by molar-refractivity contribution is -0.193. The van der Waals surface area contributed by atoms with Gasteiger partial charge in [-0.05, 0) is 87.1 Å². The number of hydrogen-bond donors (Lipinski definition) is 8. The normalized spacial score (nSPS) is 11.9. The minimum atomic E-state index is -5.08. The Morgan fingerprint density at radius 3 is 1.24 bits per heavy atom. The van der Waals surface area contributed by atoms with Crippen LogP contribution in [0.4, 0.5) is 26.3 Å². The molecular weight excluding hydrogens is 1010 g/mol. The zero-order valence-electron chi connectivity index (χ0n) is 43.2. The summed E-state index contributed by atoms with van der Waals surface area (Å²) >= 11 is 0. The number of ketones is 2. The molecule has 24 heteroatoms. The number of aromatic nitrogens is 6. The number of alkyl halides is 6. The second-order valence-electron chi connectivity index (χ2n) is 17.4. The lowest BCUT2D eigenvalue weighted by atomic mass is 10.0. The molecule has 0 unspecified atom stereocenters. The Hall–Kier alpha value is -7.66. The molecular formula is C52H66F6N8O10. The minimum absolute atomic E-state index is 0.0469. The average Bonchev–Trinajstić information content (AvgIpc) is 4.22. The zero-order chi connectivity index (χ0) is 56.6. The van der Waals surface area contributed by atoms with Gasteiger partial charge in [0.05, 0.1) is 39.1 Å². The Labute approximate surface area is 434 Å². The van der Waals surface area contributed by atoms with Crippen molar-refractivity contribution in [3.05, 3.63) is 95.3 Å². The molecule has 2 atom stereocenters. The third-order valence-corrected chi connectivity index (χ3v) is 11.9. The number of H-pyrrole nitrogens is 4. The molecule has 2 amide bonds. The summed E-state index contributed by atoms with van der Waals surface area (Å²) in [5.41, 5.74) is 5.89. The van der Waals surface area contributed by atoms with Crippen molar-refractivity contribution in [1.82, 2.24) is 40.5 Å². The van der Waals surface area contributed by atoms with E-state index in [2.05, 4.69) is 40.5 Å². The van der Waals surface area contributed by atoms with E-state index in [1.54, 1.807) is 39.0 Å². The highest BCUT2D eigenvalue weighted by atomic mass is 19.4. The first-order valence-electron chi connectivity index (χ1n) is 24.4. The van der Waals surface area contributed by atoms with Crippen LogP contribution in [0, 0.1) is 13.8 Å². The van der Waals surface area contributed by atoms with Crippen LogP contribution in [0.25, 0.3) is 21.8 Å². The molecule has 0 saturated carbocycles. The van der Waals surface area contributed by atoms with Gasteiger partial charge >= 0.3 is 24.3 Å². The number of methoxy groups -OCH3 is 2. The predicted octanol–water partition coefficient (Wildman–Crippen LogP) is 10.3. The van der Waals surface area contributed by atoms with Gasteiger partial charge < -0.3 is 50.3 Å². The third-order valence-electron chi connectivity index (χ3n) is 11.9. The molecule has 416 valence electrons. The summed E-state index contributed by atoms with van der Waals surface area (Å²) in [4.78, 5) is 88.3. The number of halogens is 6. The molecule has 0 aliphatic heterocycles. The maximum absolute atomic E-state index is 12.9. The van der Waals surface area contributed by atoms with Crippen LogP contribution in [0.15, 0.2) is 61.2 Å². The number of nitrogens with one attached hydrogen (secondary N) is 6. The molecule has 0 fully saturated rings. The molecule has 4 aromatic heterocycles. The molecule has 2 aromatic carbocycles. The SMILES string of the molecule is CCC(=O)CCCCC[C@H](NC(=O)Cc1c(C)[nH]c2ccc(OC)cc12)c1ncc[nH]1.CCC(=O)CCCCC[C@H](NC(=O)Cc1c(C)[nH]c2ccc(OC)cc12)c1ncc[nH]1.O=C(O)C(F)(F)F.O=C(O)C(F)(F)F. The highest BCUT2D eigenvalue weighted by molar-refractivity contribution is 5.92. The number of hydrogen-bond acceptors (Lipinski definition) is 10. The van der Waals surface area contributed by atoms with Crippen molar-refractivity contribution >= 4 is 57.1 Å². The minimum Gasteiger partial charge on any atom is -0.497 e. The van der Waals surface area contributed by atoms with Crippen LogP contribution >= 0.6 is 0 Å². The maximum atomic E-state index is 12.9. The van der Waals surface area contributed by atoms with Crippen LogP contribution < -0.4 is 20.1 Å². The Morgan fingerprint density at radius 2 is 0.947 bits per heavy atom. The number of amides is 2. The number of aryl methyl sites for hydroxylation is 2. The van der Waals surface area contributed by atoms with Crippen molar-refractivity contribution in [3.8, 4) is 11.5 Å². The number of Topliss-reactive ketones (excluding diaryl/α,β-unsaturated/α-hetero) is 2. The molecule has 76 heavy (non-hydrogen) atoms. The Kier molecular flexibility index (Phi) is 25.3. The Balaban J connectivity index is 0.000000320. The molecule has 6 aromatic rings. The Bertz CT molecular complexity index is 2600. The van der Waals surface area contributed by atoms with Gasteiger partial charge in [0.1, 0.15) is 34.7 Å². The lowest BCUT2D eigenvalue weighted by Gasteiger charge is -2.17. The van der Waals surface area contributed by atoms with E-state index < -0.39 is 24.3 Å². The summed E-state index contributed by atoms with van der Waals surface area (Å²) in [6.07, 6.45) is 6.90. The fraction of sp³-hybridized carbons (Fsp3) is 0.462. The molecule has 18 nitrogen and oxygen atoms in total. The summed E-state index contributed by atoms with van der Waals surface area (Å²) in [6, 6.07) is 11.3. The van der Waals surface area contributed by atoms with Gasteiger partial charge in [-0.15, -0.1) is 0 Å². The number of rotatable bonds is 24. The summed E-state index contributed by atoms with van der Waals surface area (Å²) in [7, 11) is 3.28. The fourth-order valence-corrected chi connectivity index (χ4v) is 7.78. The molecule has 0 saturated heterocycles. The van der Waals surface area contributed by atoms with Crippen LogP contribution in [0.2, 0.25) is 0 Å². The van der Waals surface area contributed by atoms with E-state index in [1.807, 2.05) is 64.1 Å². The van der Waals surface area contributed by atoms with Crippen molar-refractivity contribution in [3.63, 3.8) is 0 Å². The number of fused-ring (bicyclic) bond motifs is 2. The number of carboxylic acid groups (broad SMARTS) is 2. The molecule has 0 aliphatic carbocycles. The number of unbranched alkanes of at least 4 members (excludes halogenated alkanes) is 4. The van der Waals surface area contributed by atoms with Gasteiger partial charge in [-0.2, -0.15) is 26.3 Å². The molecule has 8 N–H and O–H groups in total. The molecule has 6 rings (SSSR count). The van der Waals surface area contributed by atoms with E-state index in [4.69, 9.17) is 29.3 Å². The van der Waals surface area contributed by atoms with Crippen LogP contribution in [0.1, 0.15) is 137 Å². The highest BCUT2D eigenvalue weighted by Crippen LogP contribution is 2.29. The number of aromatic amines is 4. The highest BCUT2D eigenvalue weighted by Gasteiger charge is 2.39. The molecule has 0 radical (unpaired) electrons. The number of benzene rings is 2. The van der Waals surface area contributed by atoms with Crippen molar-refractivity contribution < 1.29 is 74.8 Å². The van der Waals surface area contributed by atoms with Crippen molar-refractivity contribution in [2.45, 2.75) is 142 Å². The largest absolute Gasteiger partial charge is 0.497 e. The average molecular weight is 1080 g/mol. The standard InChI is InChI=1S/2C24H32N4O3.2C2HF3O2/c2*1-4-17(29)8-6-5-7-9-22(24-25-12-13-26-24)28-23(30)15-19-16(2)27-21-11-10-18(31-3)14-20(19)21;2*3-2(4,5)1(6)7/h2*10-14,22,27H,4-9,15H2,1-3H3,(H,25,26)(H,28,30);2*(H,6,7)/t2*22-;;/m00../s1. The van der Waals surface area contributed by atoms with Crippen molar-refractivity contribution in [2.75, 3.05) is 14.2 Å². The number of nitrogens with zero attached hydrogens (tertiary/aromatic N) is 2. The molecule has 0 bridgehead atoms. The van der Waals surface area contributed by atoms with Crippen LogP contribution in [-0.4, -0.2) is 102 Å². The van der Waals surface area contributed by atoms with Crippen LogP contribution in [0.5, 0.6) is 11.5 Å². The van der Waals surface area contributed by atoms with E-state index in [0.717, 1.165) is 119 Å². The maximum Gasteiger partial charge on any atom is 0.490 e. The fourth-order valence-electron chi connectivity index (χ4n) is 7.78. The third kappa shape index (κ3) is 20.9. The van der Waals surface area contributed by atoms with Crippen molar-refractivity contribution in [2.24, 2.45) is 0 Å². The first-order valence-corrected chi connectivity index (χ1v) is 24.4. The molecule has 0 aliphatic rings. The van der Waals surface area contributed by atoms with Crippen molar-refractivity contribution in [1.29, 1.82) is 0 Å². The summed E-state index contributed by atoms with van der Waals surface area (Å²) < 4.78 is 74.2. The predicted molar refractivity (Wildman–Crippen MR) is 270 cm³/mol. The monoisotopic (exact) mass is 1080 g/mol. The number of ether oxygens (including phenoxy) is 2. The van der Waals surface area contributed by atoms with E-state index in [9.17, 15) is 45.5 Å². The number of aliphatic carboxylic acids is 2. The van der Waals surface area contributed by atoms with Gasteiger partial charge in [0.25, 0.3) is 0 Å². The summed E-state index contributed by atoms with van der Waals surface area (Å²) in [5.74, 6) is -1.94. The number of carboxylic acids is 2. The summed E-state index contributed by atoms with van der Waals surface area (Å²) in [5, 5.41) is 22.5. The van der Waals surface area contributed by atoms with Gasteiger partial charge in [0.15, 0.2) is 0 Å². The number of carbonyl (C=O) groups excluding carboxylic acids is 4. The quantitative estimate of drug-likeness (QED) is 0.0208. The van der Waals surface area contributed by atoms with Gasteiger partial charge in [-0.1, -0.05) is 39.5 Å². The molecule has 4 heterocycles. The smallest absolute Gasteiger partial charge is 0.490 e. The first-order chi connectivity index (χ1) is 35.9. The zero-order valence-corrected chi connectivity index (χ0v) is 43.2. The van der Waals surface area contributed by atoms with Crippen LogP contribution in [0.3, 0.4) is 0 Å². The Morgan fingerprint density at radius 1 is 0.592 bits per heavy atom. The van der Waals surface area contributed by atoms with Gasteiger partial charge in [-0.25, -0.2) is 19.6 Å². The second kappa shape index (κ2) is 30.6. The van der Waals surface area contributed by atoms with E-state index >= 15 is 0 Å². The number of imidazole rings is 2. The lowest BCUT2D eigenvalue weighted by Crippen LogP contribution is -2.30. The van der Waals surface area contributed by atoms with Gasteiger partial charge in [-0.3, -0.25) is 19.2 Å². The summed E-state index contributed by atoms with van der Waals surface area (Å²) in [6.45, 7) is 7.76.